The molecular weight excluding hydrogens is 128 g/mol. The fraction of sp³-hybridized carbons (Fsp3) is 0.750. The summed E-state index contributed by atoms with van der Waals surface area (Å²) in [7, 11) is -2.35. The van der Waals surface area contributed by atoms with Crippen LogP contribution in [0.25, 0.3) is 0 Å². The molecule has 0 aliphatic carbocycles. The molecule has 0 radical (unpaired) electrons. The minimum atomic E-state index is -2.35. The lowest BCUT2D eigenvalue weighted by Gasteiger charge is -1.91. The summed E-state index contributed by atoms with van der Waals surface area (Å²) in [6.45, 7) is 0.169. The van der Waals surface area contributed by atoms with Crippen LogP contribution in [0.4, 0.5) is 0 Å². The first-order valence-electron chi connectivity index (χ1n) is 2.27. The van der Waals surface area contributed by atoms with Gasteiger partial charge in [0.2, 0.25) is 0 Å². The zero-order valence-corrected chi connectivity index (χ0v) is 5.19. The molecule has 0 amide bonds. The van der Waals surface area contributed by atoms with E-state index in [0.29, 0.717) is 0 Å². The maximum atomic E-state index is 10.7. The van der Waals surface area contributed by atoms with Gasteiger partial charge in [0.25, 0.3) is 0 Å². The van der Waals surface area contributed by atoms with Gasteiger partial charge in [0.05, 0.1) is 28.3 Å². The predicted octanol–water partition coefficient (Wildman–Crippen LogP) is -0.991. The fourth-order valence-electron chi connectivity index (χ4n) is 0.592. The molecule has 1 N–H and O–H groups in total. The zero-order chi connectivity index (χ0) is 6.20. The van der Waals surface area contributed by atoms with Crippen LogP contribution < -0.4 is 0 Å². The van der Waals surface area contributed by atoms with Crippen LogP contribution in [0.15, 0.2) is 0 Å². The first kappa shape index (κ1) is 6.07. The number of rotatable bonds is 0. The standard InChI is InChI=1S/C4H8O3S/c1-8(6)3-4(5)2-7-8/h4-5H,1-3H2. The van der Waals surface area contributed by atoms with E-state index in [4.69, 9.17) is 5.11 Å². The molecule has 0 bridgehead atoms. The van der Waals surface area contributed by atoms with Crippen LogP contribution in [0.3, 0.4) is 0 Å². The summed E-state index contributed by atoms with van der Waals surface area (Å²) >= 11 is 0. The van der Waals surface area contributed by atoms with Gasteiger partial charge in [-0.15, -0.1) is 0 Å². The molecule has 2 unspecified atom stereocenters. The molecular formula is C4H8O3S. The average molecular weight is 136 g/mol. The molecule has 0 aromatic heterocycles. The molecule has 3 nitrogen and oxygen atoms in total. The molecule has 0 saturated carbocycles. The van der Waals surface area contributed by atoms with Crippen LogP contribution in [0.1, 0.15) is 0 Å². The average Bonchev–Trinajstić information content (AvgIpc) is 1.82. The lowest BCUT2D eigenvalue weighted by Crippen LogP contribution is -2.09. The molecule has 1 saturated heterocycles. The highest BCUT2D eigenvalue weighted by Crippen LogP contribution is 2.06. The molecule has 2 atom stereocenters. The van der Waals surface area contributed by atoms with Crippen molar-refractivity contribution in [2.24, 2.45) is 0 Å². The molecule has 0 aromatic carbocycles. The molecule has 1 aliphatic heterocycles. The molecule has 0 aromatic rings. The third-order valence-electron chi connectivity index (χ3n) is 0.922. The molecule has 1 rings (SSSR count). The van der Waals surface area contributed by atoms with Gasteiger partial charge in [0, 0.05) is 0 Å². The van der Waals surface area contributed by atoms with Crippen LogP contribution in [0, 0.1) is 0 Å². The Kier molecular flexibility index (Phi) is 1.30. The lowest BCUT2D eigenvalue weighted by atomic mass is 10.5. The van der Waals surface area contributed by atoms with E-state index in [1.165, 1.54) is 0 Å². The largest absolute Gasteiger partial charge is 0.390 e. The maximum Gasteiger partial charge on any atom is 0.0918 e. The van der Waals surface area contributed by atoms with Crippen molar-refractivity contribution in [2.75, 3.05) is 12.4 Å². The second kappa shape index (κ2) is 1.72. The number of aliphatic hydroxyl groups is 1. The minimum absolute atomic E-state index is 0.169. The number of aliphatic hydroxyl groups excluding tert-OH is 1. The van der Waals surface area contributed by atoms with Gasteiger partial charge in [-0.1, -0.05) is 0 Å². The van der Waals surface area contributed by atoms with Gasteiger partial charge in [-0.3, -0.25) is 4.18 Å². The summed E-state index contributed by atoms with van der Waals surface area (Å²) < 4.78 is 15.3. The smallest absolute Gasteiger partial charge is 0.0918 e. The number of hydrogen-bond acceptors (Lipinski definition) is 3. The van der Waals surface area contributed by atoms with Crippen molar-refractivity contribution < 1.29 is 13.5 Å². The van der Waals surface area contributed by atoms with E-state index in [9.17, 15) is 4.21 Å². The summed E-state index contributed by atoms with van der Waals surface area (Å²) in [6, 6.07) is 0. The van der Waals surface area contributed by atoms with Crippen LogP contribution in [0.2, 0.25) is 0 Å². The highest BCUT2D eigenvalue weighted by atomic mass is 32.2. The number of hydrogen-bond donors (Lipinski definition) is 1. The molecule has 1 fully saturated rings. The van der Waals surface area contributed by atoms with E-state index < -0.39 is 15.9 Å². The molecule has 1 heterocycles. The Hall–Kier alpha value is -0.0600. The van der Waals surface area contributed by atoms with Gasteiger partial charge in [0.15, 0.2) is 0 Å². The summed E-state index contributed by atoms with van der Waals surface area (Å²) in [5.74, 6) is 3.45. The monoisotopic (exact) mass is 136 g/mol. The van der Waals surface area contributed by atoms with E-state index in [0.717, 1.165) is 0 Å². The van der Waals surface area contributed by atoms with E-state index in [1.807, 2.05) is 0 Å². The molecule has 0 spiro atoms. The van der Waals surface area contributed by atoms with Crippen molar-refractivity contribution in [3.05, 3.63) is 0 Å². The van der Waals surface area contributed by atoms with Gasteiger partial charge in [-0.2, -0.15) is 0 Å². The van der Waals surface area contributed by atoms with Crippen LogP contribution in [-0.4, -0.2) is 33.6 Å². The first-order valence-corrected chi connectivity index (χ1v) is 4.10. The topological polar surface area (TPSA) is 46.5 Å². The Balaban J connectivity index is 2.71. The van der Waals surface area contributed by atoms with E-state index in [-0.39, 0.29) is 12.4 Å². The molecule has 1 aliphatic rings. The van der Waals surface area contributed by atoms with Crippen molar-refractivity contribution in [3.63, 3.8) is 0 Å². The second-order valence-electron chi connectivity index (χ2n) is 1.85. The first-order chi connectivity index (χ1) is 3.60. The lowest BCUT2D eigenvalue weighted by molar-refractivity contribution is 0.158. The van der Waals surface area contributed by atoms with Gasteiger partial charge >= 0.3 is 0 Å². The van der Waals surface area contributed by atoms with Crippen LogP contribution in [-0.2, 0) is 14.0 Å². The van der Waals surface area contributed by atoms with E-state index >= 15 is 0 Å². The van der Waals surface area contributed by atoms with Crippen LogP contribution >= 0.6 is 0 Å². The Morgan fingerprint density at radius 3 is 2.62 bits per heavy atom. The van der Waals surface area contributed by atoms with Gasteiger partial charge < -0.3 is 5.11 Å². The van der Waals surface area contributed by atoms with Crippen molar-refractivity contribution in [2.45, 2.75) is 6.10 Å². The summed E-state index contributed by atoms with van der Waals surface area (Å²) in [5.41, 5.74) is 0. The molecule has 48 valence electrons. The Labute approximate surface area is 48.5 Å². The Morgan fingerprint density at radius 1 is 1.88 bits per heavy atom. The van der Waals surface area contributed by atoms with Crippen LogP contribution in [0.5, 0.6) is 0 Å². The summed E-state index contributed by atoms with van der Waals surface area (Å²) in [4.78, 5) is 0. The zero-order valence-electron chi connectivity index (χ0n) is 4.37. The summed E-state index contributed by atoms with van der Waals surface area (Å²) in [5, 5.41) is 8.72. The van der Waals surface area contributed by atoms with E-state index in [2.05, 4.69) is 10.1 Å². The third-order valence-corrected chi connectivity index (χ3v) is 2.38. The second-order valence-corrected chi connectivity index (χ2v) is 3.90. The van der Waals surface area contributed by atoms with Gasteiger partial charge in [-0.05, 0) is 5.87 Å². The Bertz CT molecular complexity index is 170. The van der Waals surface area contributed by atoms with Gasteiger partial charge in [-0.25, -0.2) is 4.21 Å². The van der Waals surface area contributed by atoms with Crippen molar-refractivity contribution >= 4 is 15.7 Å². The SMILES string of the molecule is C=S1(=O)CC(O)CO1. The highest BCUT2D eigenvalue weighted by Gasteiger charge is 2.21. The van der Waals surface area contributed by atoms with Crippen molar-refractivity contribution in [1.29, 1.82) is 0 Å². The molecule has 4 heteroatoms. The fourth-order valence-corrected chi connectivity index (χ4v) is 1.78. The van der Waals surface area contributed by atoms with E-state index in [1.54, 1.807) is 0 Å². The predicted molar refractivity (Wildman–Crippen MR) is 32.1 cm³/mol. The summed E-state index contributed by atoms with van der Waals surface area (Å²) in [6.07, 6.45) is -0.569. The minimum Gasteiger partial charge on any atom is -0.390 e. The molecule has 8 heavy (non-hydrogen) atoms. The normalized spacial score (nSPS) is 47.4. The Morgan fingerprint density at radius 2 is 2.50 bits per heavy atom. The quantitative estimate of drug-likeness (QED) is 0.435. The van der Waals surface area contributed by atoms with Crippen molar-refractivity contribution in [1.82, 2.24) is 0 Å². The highest BCUT2D eigenvalue weighted by molar-refractivity contribution is 7.96. The van der Waals surface area contributed by atoms with Gasteiger partial charge in [0.1, 0.15) is 0 Å². The maximum absolute atomic E-state index is 10.7. The van der Waals surface area contributed by atoms with Crippen molar-refractivity contribution in [3.8, 4) is 0 Å². The third kappa shape index (κ3) is 1.21.